The molecule has 2 heterocycles. The summed E-state index contributed by atoms with van der Waals surface area (Å²) in [6.45, 7) is -4.23. The van der Waals surface area contributed by atoms with E-state index in [2.05, 4.69) is 9.97 Å². The van der Waals surface area contributed by atoms with Crippen LogP contribution in [0.5, 0.6) is 0 Å². The van der Waals surface area contributed by atoms with Crippen molar-refractivity contribution < 1.29 is 14.2 Å². The van der Waals surface area contributed by atoms with Crippen LogP contribution < -0.4 is 4.57 Å². The predicted octanol–water partition coefficient (Wildman–Crippen LogP) is 4.07. The van der Waals surface area contributed by atoms with Gasteiger partial charge in [0, 0.05) is 33.3 Å². The minimum Gasteiger partial charge on any atom is -0.241 e. The Kier molecular flexibility index (Phi) is 2.44. The molecule has 0 fully saturated rings. The first kappa shape index (κ1) is 8.92. The smallest absolute Gasteiger partial charge is 0.212 e. The Morgan fingerprint density at radius 1 is 1.13 bits per heavy atom. The Balaban J connectivity index is 2.09. The van der Waals surface area contributed by atoms with E-state index in [4.69, 9.17) is 9.60 Å². The molecule has 2 aromatic heterocycles. The largest absolute Gasteiger partial charge is 0.241 e. The summed E-state index contributed by atoms with van der Waals surface area (Å²) in [5, 5.41) is 0. The lowest BCUT2D eigenvalue weighted by atomic mass is 10.0. The van der Waals surface area contributed by atoms with Gasteiger partial charge in [-0.2, -0.15) is 0 Å². The second-order valence-corrected chi connectivity index (χ2v) is 5.37. The summed E-state index contributed by atoms with van der Waals surface area (Å²) < 4.78 is 56.0. The molecule has 3 nitrogen and oxygen atoms in total. The number of aromatic nitrogens is 3. The molecule has 0 unspecified atom stereocenters. The van der Waals surface area contributed by atoms with Gasteiger partial charge in [0.25, 0.3) is 0 Å². The quantitative estimate of drug-likeness (QED) is 0.683. The molecule has 0 aliphatic heterocycles. The normalized spacial score (nSPS) is 17.0. The lowest BCUT2D eigenvalue weighted by Gasteiger charge is -2.07. The Hall–Kier alpha value is -2.55. The number of nitrogens with zero attached hydrogens (tertiary/aromatic N) is 3. The zero-order chi connectivity index (χ0) is 22.3. The van der Waals surface area contributed by atoms with Crippen molar-refractivity contribution >= 4 is 0 Å². The number of hydrogen-bond donors (Lipinski definition) is 0. The van der Waals surface area contributed by atoms with E-state index in [1.54, 1.807) is 6.07 Å². The highest BCUT2D eigenvalue weighted by atomic mass is 14.9. The molecule has 0 amide bonds. The monoisotopic (exact) mass is 311 g/mol. The van der Waals surface area contributed by atoms with Crippen molar-refractivity contribution in [1.29, 1.82) is 0 Å². The van der Waals surface area contributed by atoms with Gasteiger partial charge in [0.15, 0.2) is 6.20 Å². The Bertz CT molecular complexity index is 1060. The molecule has 3 rings (SSSR count). The van der Waals surface area contributed by atoms with Gasteiger partial charge in [0.1, 0.15) is 12.9 Å². The van der Waals surface area contributed by atoms with E-state index >= 15 is 0 Å². The molecule has 0 N–H and O–H groups in total. The van der Waals surface area contributed by atoms with Crippen LogP contribution in [0.15, 0.2) is 54.9 Å². The molecule has 116 valence electrons. The summed E-state index contributed by atoms with van der Waals surface area (Å²) in [7, 11) is 1.88. The van der Waals surface area contributed by atoms with E-state index in [0.29, 0.717) is 11.3 Å². The number of benzene rings is 1. The van der Waals surface area contributed by atoms with Gasteiger partial charge >= 0.3 is 0 Å². The van der Waals surface area contributed by atoms with Crippen LogP contribution in [0.2, 0.25) is 0 Å². The summed E-state index contributed by atoms with van der Waals surface area (Å²) in [5.74, 6) is -3.48. The van der Waals surface area contributed by atoms with Crippen molar-refractivity contribution in [3.63, 3.8) is 0 Å². The SMILES string of the molecule is [2H]C([2H])([2H])C([2H])(c1nccc(-c2ccc(-c3ccccc3C)[n+](C)c2)n1)C([2H])([2H])[2H]. The second kappa shape index (κ2) is 6.29. The summed E-state index contributed by atoms with van der Waals surface area (Å²) in [6.07, 6.45) is 3.11. The zero-order valence-electron chi connectivity index (χ0n) is 20.0. The minimum absolute atomic E-state index is 0.344. The standard InChI is InChI=1S/C20H22N3/c1-14(2)20-21-12-11-18(22-20)16-9-10-19(23(4)13-16)17-8-6-5-7-15(17)3/h5-14H,1-4H3/q+1/i1D3,2D3,14D. The van der Waals surface area contributed by atoms with E-state index < -0.39 is 25.4 Å². The summed E-state index contributed by atoms with van der Waals surface area (Å²) >= 11 is 0. The Morgan fingerprint density at radius 3 is 2.70 bits per heavy atom. The molecular formula is C20H22N3+. The van der Waals surface area contributed by atoms with Crippen molar-refractivity contribution in [3.8, 4) is 22.5 Å². The topological polar surface area (TPSA) is 29.7 Å². The number of rotatable bonds is 3. The van der Waals surface area contributed by atoms with Crippen molar-refractivity contribution in [2.45, 2.75) is 26.5 Å². The summed E-state index contributed by atoms with van der Waals surface area (Å²) in [6, 6.07) is 13.3. The van der Waals surface area contributed by atoms with Gasteiger partial charge in [0.05, 0.1) is 11.3 Å². The highest BCUT2D eigenvalue weighted by molar-refractivity contribution is 5.64. The van der Waals surface area contributed by atoms with E-state index in [1.807, 2.05) is 61.1 Å². The average molecular weight is 311 g/mol. The summed E-state index contributed by atoms with van der Waals surface area (Å²) in [5.41, 5.74) is 4.17. The van der Waals surface area contributed by atoms with E-state index in [0.717, 1.165) is 16.8 Å². The fraction of sp³-hybridized carbons (Fsp3) is 0.250. The van der Waals surface area contributed by atoms with Crippen molar-refractivity contribution in [2.24, 2.45) is 7.05 Å². The van der Waals surface area contributed by atoms with Crippen LogP contribution in [0.1, 0.15) is 40.6 Å². The van der Waals surface area contributed by atoms with Crippen molar-refractivity contribution in [1.82, 2.24) is 9.97 Å². The maximum absolute atomic E-state index is 8.28. The molecule has 0 saturated carbocycles. The first-order valence-corrected chi connectivity index (χ1v) is 7.26. The molecule has 0 aliphatic carbocycles. The van der Waals surface area contributed by atoms with E-state index in [9.17, 15) is 0 Å². The molecule has 0 atom stereocenters. The first-order chi connectivity index (χ1) is 13.9. The number of aryl methyl sites for hydroxylation is 2. The van der Waals surface area contributed by atoms with Gasteiger partial charge < -0.3 is 0 Å². The molecule has 0 bridgehead atoms. The van der Waals surface area contributed by atoms with Crippen LogP contribution in [-0.4, -0.2) is 9.97 Å². The highest BCUT2D eigenvalue weighted by Gasteiger charge is 2.14. The molecule has 3 aromatic rings. The van der Waals surface area contributed by atoms with Gasteiger partial charge in [-0.3, -0.25) is 0 Å². The van der Waals surface area contributed by atoms with Crippen LogP contribution in [0.4, 0.5) is 0 Å². The molecule has 3 heteroatoms. The first-order valence-electron chi connectivity index (χ1n) is 10.8. The zero-order valence-corrected chi connectivity index (χ0v) is 13.0. The molecular weight excluding hydrogens is 282 g/mol. The van der Waals surface area contributed by atoms with E-state index in [1.165, 1.54) is 6.20 Å². The molecule has 0 spiro atoms. The average Bonchev–Trinajstić information content (AvgIpc) is 2.66. The minimum atomic E-state index is -3.13. The predicted molar refractivity (Wildman–Crippen MR) is 92.9 cm³/mol. The lowest BCUT2D eigenvalue weighted by molar-refractivity contribution is -0.659. The van der Waals surface area contributed by atoms with Crippen molar-refractivity contribution in [2.75, 3.05) is 0 Å². The fourth-order valence-corrected chi connectivity index (χ4v) is 2.54. The number of pyridine rings is 1. The fourth-order valence-electron chi connectivity index (χ4n) is 2.54. The van der Waals surface area contributed by atoms with Crippen molar-refractivity contribution in [3.05, 3.63) is 66.2 Å². The van der Waals surface area contributed by atoms with Crippen LogP contribution in [0.25, 0.3) is 22.5 Å². The maximum atomic E-state index is 8.28. The third-order valence-electron chi connectivity index (χ3n) is 3.73. The Morgan fingerprint density at radius 2 is 1.96 bits per heavy atom. The van der Waals surface area contributed by atoms with Crippen LogP contribution in [-0.2, 0) is 7.05 Å². The maximum Gasteiger partial charge on any atom is 0.212 e. The van der Waals surface area contributed by atoms with Crippen LogP contribution >= 0.6 is 0 Å². The highest BCUT2D eigenvalue weighted by Crippen LogP contribution is 2.23. The second-order valence-electron chi connectivity index (χ2n) is 5.37. The van der Waals surface area contributed by atoms with Gasteiger partial charge in [-0.05, 0) is 30.7 Å². The third-order valence-corrected chi connectivity index (χ3v) is 3.73. The third kappa shape index (κ3) is 3.14. The van der Waals surface area contributed by atoms with E-state index in [-0.39, 0.29) is 0 Å². The van der Waals surface area contributed by atoms with Crippen LogP contribution in [0.3, 0.4) is 0 Å². The van der Waals surface area contributed by atoms with Gasteiger partial charge in [0.2, 0.25) is 5.69 Å². The Labute approximate surface area is 147 Å². The van der Waals surface area contributed by atoms with Gasteiger partial charge in [-0.1, -0.05) is 31.9 Å². The molecule has 23 heavy (non-hydrogen) atoms. The molecule has 0 saturated heterocycles. The number of hydrogen-bond acceptors (Lipinski definition) is 2. The lowest BCUT2D eigenvalue weighted by Crippen LogP contribution is -2.31. The molecule has 1 aromatic carbocycles. The molecule has 0 radical (unpaired) electrons. The van der Waals surface area contributed by atoms with Crippen LogP contribution in [0, 0.1) is 6.92 Å². The van der Waals surface area contributed by atoms with Gasteiger partial charge in [-0.25, -0.2) is 14.5 Å². The van der Waals surface area contributed by atoms with Gasteiger partial charge in [-0.15, -0.1) is 0 Å². The summed E-state index contributed by atoms with van der Waals surface area (Å²) in [4.78, 5) is 8.02. The molecule has 0 aliphatic rings.